The fourth-order valence-corrected chi connectivity index (χ4v) is 3.26. The molecule has 0 saturated heterocycles. The van der Waals surface area contributed by atoms with E-state index in [0.29, 0.717) is 31.8 Å². The van der Waals surface area contributed by atoms with Gasteiger partial charge in [0.05, 0.1) is 0 Å². The van der Waals surface area contributed by atoms with Crippen LogP contribution in [0.1, 0.15) is 49.7 Å². The van der Waals surface area contributed by atoms with E-state index in [1.54, 1.807) is 0 Å². The van der Waals surface area contributed by atoms with Crippen molar-refractivity contribution < 1.29 is 4.39 Å². The first-order valence-electron chi connectivity index (χ1n) is 8.03. The minimum Gasteiger partial charge on any atom is -0.370 e. The molecule has 3 nitrogen and oxygen atoms in total. The van der Waals surface area contributed by atoms with E-state index < -0.39 is 5.67 Å². The van der Waals surface area contributed by atoms with Crippen LogP contribution in [-0.4, -0.2) is 18.2 Å². The Morgan fingerprint density at radius 1 is 1.23 bits per heavy atom. The number of rotatable bonds is 4. The molecule has 3 N–H and O–H groups in total. The first kappa shape index (κ1) is 17.5. The fourth-order valence-electron chi connectivity index (χ4n) is 3.26. The molecule has 0 bridgehead atoms. The maximum atomic E-state index is 13.9. The Labute approximate surface area is 149 Å². The van der Waals surface area contributed by atoms with Crippen molar-refractivity contribution in [3.8, 4) is 0 Å². The Kier molecular flexibility index (Phi) is 6.06. The summed E-state index contributed by atoms with van der Waals surface area (Å²) < 4.78 is 13.9. The molecule has 0 spiro atoms. The van der Waals surface area contributed by atoms with Gasteiger partial charge in [-0.05, 0) is 62.1 Å². The van der Waals surface area contributed by atoms with Gasteiger partial charge in [-0.1, -0.05) is 12.1 Å². The maximum absolute atomic E-state index is 13.9. The lowest BCUT2D eigenvalue weighted by Gasteiger charge is -2.33. The van der Waals surface area contributed by atoms with Gasteiger partial charge >= 0.3 is 0 Å². The zero-order valence-electron chi connectivity index (χ0n) is 12.9. The van der Waals surface area contributed by atoms with Gasteiger partial charge in [0.15, 0.2) is 5.96 Å². The molecule has 0 unspecified atom stereocenters. The summed E-state index contributed by atoms with van der Waals surface area (Å²) in [4.78, 5) is 4.28. The molecule has 3 rings (SSSR count). The Morgan fingerprint density at radius 2 is 2.00 bits per heavy atom. The molecule has 0 heterocycles. The van der Waals surface area contributed by atoms with Crippen LogP contribution in [0.25, 0.3) is 0 Å². The number of benzene rings is 1. The molecule has 2 aliphatic carbocycles. The van der Waals surface area contributed by atoms with Crippen molar-refractivity contribution in [3.05, 3.63) is 29.3 Å². The van der Waals surface area contributed by atoms with Crippen LogP contribution in [-0.2, 0) is 12.8 Å². The second-order valence-corrected chi connectivity index (χ2v) is 6.30. The SMILES string of the molecule is I.NC(=NCCC1(F)CCC1)Nc1cccc2c1CCCC2. The zero-order valence-corrected chi connectivity index (χ0v) is 15.2. The van der Waals surface area contributed by atoms with Gasteiger partial charge in [0.25, 0.3) is 0 Å². The molecule has 0 aromatic heterocycles. The summed E-state index contributed by atoms with van der Waals surface area (Å²) in [6, 6.07) is 6.30. The minimum absolute atomic E-state index is 0. The van der Waals surface area contributed by atoms with Gasteiger partial charge in [-0.15, -0.1) is 24.0 Å². The third-order valence-electron chi connectivity index (χ3n) is 4.75. The predicted molar refractivity (Wildman–Crippen MR) is 101 cm³/mol. The fraction of sp³-hybridized carbons (Fsp3) is 0.588. The summed E-state index contributed by atoms with van der Waals surface area (Å²) in [5.41, 5.74) is 8.81. The van der Waals surface area contributed by atoms with Crippen molar-refractivity contribution in [2.75, 3.05) is 11.9 Å². The average Bonchev–Trinajstić information content (AvgIpc) is 2.46. The van der Waals surface area contributed by atoms with E-state index in [1.165, 1.54) is 24.0 Å². The maximum Gasteiger partial charge on any atom is 0.193 e. The van der Waals surface area contributed by atoms with Crippen LogP contribution in [0.2, 0.25) is 0 Å². The summed E-state index contributed by atoms with van der Waals surface area (Å²) in [5.74, 6) is 0.400. The number of nitrogens with two attached hydrogens (primary N) is 1. The number of aryl methyl sites for hydroxylation is 1. The van der Waals surface area contributed by atoms with Crippen LogP contribution >= 0.6 is 24.0 Å². The van der Waals surface area contributed by atoms with E-state index in [-0.39, 0.29) is 24.0 Å². The summed E-state index contributed by atoms with van der Waals surface area (Å²) in [5, 5.41) is 3.20. The number of hydrogen-bond donors (Lipinski definition) is 2. The number of anilines is 1. The molecule has 22 heavy (non-hydrogen) atoms. The molecule has 2 aliphatic rings. The van der Waals surface area contributed by atoms with E-state index in [2.05, 4.69) is 28.5 Å². The summed E-state index contributed by atoms with van der Waals surface area (Å²) in [6.07, 6.45) is 7.59. The number of fused-ring (bicyclic) bond motifs is 1. The molecule has 1 saturated carbocycles. The van der Waals surface area contributed by atoms with Crippen molar-refractivity contribution >= 4 is 35.6 Å². The van der Waals surface area contributed by atoms with Crippen LogP contribution in [0.15, 0.2) is 23.2 Å². The highest BCUT2D eigenvalue weighted by atomic mass is 127. The second kappa shape index (κ2) is 7.62. The van der Waals surface area contributed by atoms with Crippen molar-refractivity contribution in [1.29, 1.82) is 0 Å². The zero-order chi connectivity index (χ0) is 14.7. The summed E-state index contributed by atoms with van der Waals surface area (Å²) in [7, 11) is 0. The molecule has 0 radical (unpaired) electrons. The molecular weight excluding hydrogens is 392 g/mol. The highest BCUT2D eigenvalue weighted by Crippen LogP contribution is 2.38. The first-order chi connectivity index (χ1) is 10.2. The number of aliphatic imine (C=N–C) groups is 1. The highest BCUT2D eigenvalue weighted by molar-refractivity contribution is 14.0. The van der Waals surface area contributed by atoms with Crippen LogP contribution in [0.5, 0.6) is 0 Å². The molecule has 1 aromatic carbocycles. The van der Waals surface area contributed by atoms with Crippen molar-refractivity contribution in [3.63, 3.8) is 0 Å². The third kappa shape index (κ3) is 4.12. The third-order valence-corrected chi connectivity index (χ3v) is 4.75. The van der Waals surface area contributed by atoms with E-state index in [1.807, 2.05) is 0 Å². The van der Waals surface area contributed by atoms with Gasteiger partial charge in [0.1, 0.15) is 5.67 Å². The smallest absolute Gasteiger partial charge is 0.193 e. The molecule has 122 valence electrons. The Morgan fingerprint density at radius 3 is 2.73 bits per heavy atom. The second-order valence-electron chi connectivity index (χ2n) is 6.30. The van der Waals surface area contributed by atoms with E-state index in [9.17, 15) is 4.39 Å². The number of guanidine groups is 1. The Hall–Kier alpha value is -0.850. The van der Waals surface area contributed by atoms with E-state index in [4.69, 9.17) is 5.73 Å². The van der Waals surface area contributed by atoms with E-state index in [0.717, 1.165) is 24.9 Å². The number of nitrogens with zero attached hydrogens (tertiary/aromatic N) is 1. The summed E-state index contributed by atoms with van der Waals surface area (Å²) >= 11 is 0. The highest BCUT2D eigenvalue weighted by Gasteiger charge is 2.36. The average molecular weight is 417 g/mol. The monoisotopic (exact) mass is 417 g/mol. The number of alkyl halides is 1. The van der Waals surface area contributed by atoms with Crippen molar-refractivity contribution in [1.82, 2.24) is 0 Å². The molecule has 0 aliphatic heterocycles. The minimum atomic E-state index is -0.976. The van der Waals surface area contributed by atoms with Crippen LogP contribution in [0.3, 0.4) is 0 Å². The number of halogens is 2. The topological polar surface area (TPSA) is 50.4 Å². The van der Waals surface area contributed by atoms with Gasteiger partial charge < -0.3 is 11.1 Å². The molecular formula is C17H25FIN3. The molecule has 1 fully saturated rings. The van der Waals surface area contributed by atoms with Crippen LogP contribution in [0, 0.1) is 0 Å². The largest absolute Gasteiger partial charge is 0.370 e. The number of nitrogens with one attached hydrogen (secondary N) is 1. The van der Waals surface area contributed by atoms with Crippen LogP contribution in [0.4, 0.5) is 10.1 Å². The lowest BCUT2D eigenvalue weighted by atomic mass is 9.80. The normalized spacial score (nSPS) is 19.6. The van der Waals surface area contributed by atoms with Gasteiger partial charge in [-0.3, -0.25) is 4.99 Å². The van der Waals surface area contributed by atoms with Crippen molar-refractivity contribution in [2.45, 2.75) is 57.0 Å². The van der Waals surface area contributed by atoms with Gasteiger partial charge in [-0.2, -0.15) is 0 Å². The van der Waals surface area contributed by atoms with Gasteiger partial charge in [0, 0.05) is 18.7 Å². The van der Waals surface area contributed by atoms with Gasteiger partial charge in [0.2, 0.25) is 0 Å². The first-order valence-corrected chi connectivity index (χ1v) is 8.03. The quantitative estimate of drug-likeness (QED) is 0.439. The summed E-state index contributed by atoms with van der Waals surface area (Å²) in [6.45, 7) is 0.463. The molecule has 0 atom stereocenters. The molecule has 5 heteroatoms. The Bertz CT molecular complexity index is 541. The van der Waals surface area contributed by atoms with E-state index >= 15 is 0 Å². The molecule has 0 amide bonds. The number of hydrogen-bond acceptors (Lipinski definition) is 1. The van der Waals surface area contributed by atoms with Crippen LogP contribution < -0.4 is 11.1 Å². The van der Waals surface area contributed by atoms with Gasteiger partial charge in [-0.25, -0.2) is 4.39 Å². The van der Waals surface area contributed by atoms with Crippen molar-refractivity contribution in [2.24, 2.45) is 10.7 Å². The Balaban J connectivity index is 0.00000176. The lowest BCUT2D eigenvalue weighted by Crippen LogP contribution is -2.33. The lowest BCUT2D eigenvalue weighted by molar-refractivity contribution is 0.0568. The molecule has 1 aromatic rings. The standard InChI is InChI=1S/C17H24FN3.HI/c18-17(9-4-10-17)11-12-20-16(19)21-15-8-3-6-13-5-1-2-7-14(13)15;/h3,6,8H,1-2,4-5,7,9-12H2,(H3,19,20,21);1H. The predicted octanol–water partition coefficient (Wildman–Crippen LogP) is 4.19.